The first kappa shape index (κ1) is 10.8. The second-order valence-corrected chi connectivity index (χ2v) is 4.39. The van der Waals surface area contributed by atoms with Crippen molar-refractivity contribution >= 4 is 9.84 Å². The van der Waals surface area contributed by atoms with Gasteiger partial charge in [-0.3, -0.25) is 0 Å². The topological polar surface area (TPSA) is 54.4 Å². The fraction of sp³-hybridized carbons (Fsp3) is 0.143. The number of phenols is 1. The van der Waals surface area contributed by atoms with Gasteiger partial charge >= 0.3 is 5.51 Å². The average molecular weight is 226 g/mol. The van der Waals surface area contributed by atoms with E-state index in [1.54, 1.807) is 0 Å². The van der Waals surface area contributed by atoms with E-state index in [9.17, 15) is 21.6 Å². The number of halogens is 3. The van der Waals surface area contributed by atoms with Crippen LogP contribution in [-0.2, 0) is 9.84 Å². The molecule has 1 aromatic rings. The standard InChI is InChI=1S/C7H5F3O3S/c8-7(9,10)14(12,13)6-3-1-2-5(11)4-6/h1-4,11H. The molecular formula is C7H5F3O3S. The van der Waals surface area contributed by atoms with Crippen molar-refractivity contribution < 1.29 is 26.7 Å². The maximum Gasteiger partial charge on any atom is 0.501 e. The Morgan fingerprint density at radius 3 is 2.21 bits per heavy atom. The highest BCUT2D eigenvalue weighted by atomic mass is 32.2. The van der Waals surface area contributed by atoms with E-state index in [1.165, 1.54) is 0 Å². The summed E-state index contributed by atoms with van der Waals surface area (Å²) in [6.45, 7) is 0. The lowest BCUT2D eigenvalue weighted by Gasteiger charge is -2.07. The first-order valence-electron chi connectivity index (χ1n) is 3.35. The molecule has 78 valence electrons. The highest BCUT2D eigenvalue weighted by Gasteiger charge is 2.46. The quantitative estimate of drug-likeness (QED) is 0.792. The van der Waals surface area contributed by atoms with Crippen LogP contribution in [0.25, 0.3) is 0 Å². The van der Waals surface area contributed by atoms with Gasteiger partial charge in [-0.05, 0) is 18.2 Å². The fourth-order valence-electron chi connectivity index (χ4n) is 0.784. The molecule has 7 heteroatoms. The summed E-state index contributed by atoms with van der Waals surface area (Å²) in [5.74, 6) is -0.532. The van der Waals surface area contributed by atoms with Gasteiger partial charge < -0.3 is 5.11 Å². The third-order valence-corrected chi connectivity index (χ3v) is 2.92. The van der Waals surface area contributed by atoms with Crippen molar-refractivity contribution in [3.8, 4) is 5.75 Å². The first-order chi connectivity index (χ1) is 6.25. The molecule has 0 radical (unpaired) electrons. The van der Waals surface area contributed by atoms with Gasteiger partial charge in [0.15, 0.2) is 0 Å². The molecule has 1 N–H and O–H groups in total. The van der Waals surface area contributed by atoms with Crippen LogP contribution in [-0.4, -0.2) is 19.0 Å². The largest absolute Gasteiger partial charge is 0.508 e. The van der Waals surface area contributed by atoms with Crippen molar-refractivity contribution in [3.63, 3.8) is 0 Å². The zero-order chi connectivity index (χ0) is 11.0. The van der Waals surface area contributed by atoms with E-state index in [0.717, 1.165) is 18.2 Å². The molecule has 14 heavy (non-hydrogen) atoms. The molecule has 1 rings (SSSR count). The van der Waals surface area contributed by atoms with Crippen LogP contribution in [0.15, 0.2) is 29.2 Å². The van der Waals surface area contributed by atoms with Crippen LogP contribution >= 0.6 is 0 Å². The van der Waals surface area contributed by atoms with Crippen molar-refractivity contribution in [1.82, 2.24) is 0 Å². The smallest absolute Gasteiger partial charge is 0.501 e. The van der Waals surface area contributed by atoms with Crippen molar-refractivity contribution in [2.24, 2.45) is 0 Å². The molecule has 0 aliphatic rings. The Balaban J connectivity index is 3.32. The van der Waals surface area contributed by atoms with Crippen LogP contribution in [0.5, 0.6) is 5.75 Å². The highest BCUT2D eigenvalue weighted by Crippen LogP contribution is 2.31. The summed E-state index contributed by atoms with van der Waals surface area (Å²) in [6.07, 6.45) is 0. The van der Waals surface area contributed by atoms with E-state index in [4.69, 9.17) is 5.11 Å². The molecule has 0 saturated heterocycles. The molecule has 0 atom stereocenters. The Labute approximate surface area is 77.7 Å². The summed E-state index contributed by atoms with van der Waals surface area (Å²) in [6, 6.07) is 3.41. The molecule has 0 saturated carbocycles. The molecule has 3 nitrogen and oxygen atoms in total. The van der Waals surface area contributed by atoms with Gasteiger partial charge in [-0.2, -0.15) is 13.2 Å². The molecule has 1 aromatic carbocycles. The third kappa shape index (κ3) is 1.82. The Morgan fingerprint density at radius 2 is 1.79 bits per heavy atom. The fourth-order valence-corrected chi connectivity index (χ4v) is 1.59. The zero-order valence-corrected chi connectivity index (χ0v) is 7.43. The van der Waals surface area contributed by atoms with Gasteiger partial charge in [0.05, 0.1) is 4.90 Å². The molecule has 0 heterocycles. The lowest BCUT2D eigenvalue weighted by atomic mass is 10.3. The first-order valence-corrected chi connectivity index (χ1v) is 4.84. The van der Waals surface area contributed by atoms with E-state index in [0.29, 0.717) is 6.07 Å². The van der Waals surface area contributed by atoms with Crippen LogP contribution in [0, 0.1) is 0 Å². The third-order valence-electron chi connectivity index (χ3n) is 1.43. The Kier molecular flexibility index (Phi) is 2.45. The lowest BCUT2D eigenvalue weighted by molar-refractivity contribution is -0.0436. The van der Waals surface area contributed by atoms with Gasteiger partial charge in [-0.1, -0.05) is 6.07 Å². The Morgan fingerprint density at radius 1 is 1.21 bits per heavy atom. The molecule has 0 bridgehead atoms. The normalized spacial score (nSPS) is 12.8. The predicted molar refractivity (Wildman–Crippen MR) is 41.3 cm³/mol. The van der Waals surface area contributed by atoms with Crippen LogP contribution in [0.2, 0.25) is 0 Å². The highest BCUT2D eigenvalue weighted by molar-refractivity contribution is 7.92. The number of benzene rings is 1. The molecule has 0 aliphatic heterocycles. The number of sulfone groups is 1. The summed E-state index contributed by atoms with van der Waals surface area (Å²) < 4.78 is 57.5. The van der Waals surface area contributed by atoms with Gasteiger partial charge in [0.25, 0.3) is 9.84 Å². The summed E-state index contributed by atoms with van der Waals surface area (Å²) in [7, 11) is -5.36. The maximum absolute atomic E-state index is 12.0. The molecule has 0 aromatic heterocycles. The number of phenolic OH excluding ortho intramolecular Hbond substituents is 1. The average Bonchev–Trinajstić information content (AvgIpc) is 2.02. The summed E-state index contributed by atoms with van der Waals surface area (Å²) >= 11 is 0. The van der Waals surface area contributed by atoms with Gasteiger partial charge in [-0.15, -0.1) is 0 Å². The summed E-state index contributed by atoms with van der Waals surface area (Å²) in [5, 5.41) is 8.81. The second kappa shape index (κ2) is 3.16. The van der Waals surface area contributed by atoms with E-state index >= 15 is 0 Å². The minimum Gasteiger partial charge on any atom is -0.508 e. The molecular weight excluding hydrogens is 221 g/mol. The zero-order valence-electron chi connectivity index (χ0n) is 6.62. The summed E-state index contributed by atoms with van der Waals surface area (Å²) in [5.41, 5.74) is -5.35. The lowest BCUT2D eigenvalue weighted by Crippen LogP contribution is -2.23. The number of aromatic hydroxyl groups is 1. The van der Waals surface area contributed by atoms with Gasteiger partial charge in [-0.25, -0.2) is 8.42 Å². The monoisotopic (exact) mass is 226 g/mol. The molecule has 0 aliphatic carbocycles. The second-order valence-electron chi connectivity index (χ2n) is 2.45. The van der Waals surface area contributed by atoms with Crippen molar-refractivity contribution in [3.05, 3.63) is 24.3 Å². The van der Waals surface area contributed by atoms with Crippen LogP contribution in [0.1, 0.15) is 0 Å². The number of hydrogen-bond donors (Lipinski definition) is 1. The van der Waals surface area contributed by atoms with Gasteiger partial charge in [0, 0.05) is 0 Å². The number of rotatable bonds is 1. The molecule has 0 fully saturated rings. The van der Waals surface area contributed by atoms with Crippen LogP contribution in [0.4, 0.5) is 13.2 Å². The minimum atomic E-state index is -5.36. The molecule has 0 spiro atoms. The van der Waals surface area contributed by atoms with Crippen molar-refractivity contribution in [2.45, 2.75) is 10.4 Å². The predicted octanol–water partition coefficient (Wildman–Crippen LogP) is 1.69. The number of alkyl halides is 3. The number of hydrogen-bond acceptors (Lipinski definition) is 3. The van der Waals surface area contributed by atoms with Gasteiger partial charge in [0.2, 0.25) is 0 Å². The van der Waals surface area contributed by atoms with Crippen LogP contribution in [0.3, 0.4) is 0 Å². The van der Waals surface area contributed by atoms with Gasteiger partial charge in [0.1, 0.15) is 5.75 Å². The van der Waals surface area contributed by atoms with E-state index in [-0.39, 0.29) is 0 Å². The maximum atomic E-state index is 12.0. The van der Waals surface area contributed by atoms with E-state index < -0.39 is 26.0 Å². The van der Waals surface area contributed by atoms with Crippen molar-refractivity contribution in [2.75, 3.05) is 0 Å². The van der Waals surface area contributed by atoms with Crippen LogP contribution < -0.4 is 0 Å². The summed E-state index contributed by atoms with van der Waals surface area (Å²) in [4.78, 5) is -0.968. The Hall–Kier alpha value is -1.24. The molecule has 0 unspecified atom stereocenters. The van der Waals surface area contributed by atoms with E-state index in [2.05, 4.69) is 0 Å². The molecule has 0 amide bonds. The SMILES string of the molecule is O=S(=O)(c1cccc(O)c1)C(F)(F)F. The minimum absolute atomic E-state index is 0.532. The van der Waals surface area contributed by atoms with Crippen molar-refractivity contribution in [1.29, 1.82) is 0 Å². The van der Waals surface area contributed by atoms with E-state index in [1.807, 2.05) is 0 Å². The Bertz CT molecular complexity index is 436.